The molecular formula is C25H35F2N5O. The highest BCUT2D eigenvalue weighted by Gasteiger charge is 2.39. The van der Waals surface area contributed by atoms with Crippen LogP contribution in [0.5, 0.6) is 0 Å². The first-order chi connectivity index (χ1) is 15.8. The third kappa shape index (κ3) is 5.27. The van der Waals surface area contributed by atoms with Crippen molar-refractivity contribution in [1.82, 2.24) is 19.8 Å². The zero-order valence-electron chi connectivity index (χ0n) is 19.8. The molecule has 0 radical (unpaired) electrons. The highest BCUT2D eigenvalue weighted by molar-refractivity contribution is 5.94. The standard InChI is InChI=1S/C25H35F2N5O/c1-4-6-22(29-19-8-7-17-11-18(26)12-21(27)20(17)13-19)24(33)30-23-14-32(16-28-23)25(9-5-10-25)15-31(2)3/h11-12,14,16,19,22,29H,4-10,13,15H2,1-3H3,(H,30,33)/t19?,22-/m0/s1. The normalized spacial score (nSPS) is 20.2. The molecule has 8 heteroatoms. The lowest BCUT2D eigenvalue weighted by molar-refractivity contribution is -0.118. The van der Waals surface area contributed by atoms with E-state index in [4.69, 9.17) is 0 Å². The highest BCUT2D eigenvalue weighted by atomic mass is 19.1. The van der Waals surface area contributed by atoms with Crippen molar-refractivity contribution >= 4 is 11.7 Å². The van der Waals surface area contributed by atoms with Crippen molar-refractivity contribution in [1.29, 1.82) is 0 Å². The third-order valence-corrected chi connectivity index (χ3v) is 7.07. The van der Waals surface area contributed by atoms with Crippen molar-refractivity contribution in [2.24, 2.45) is 0 Å². The highest BCUT2D eigenvalue weighted by Crippen LogP contribution is 2.40. The summed E-state index contributed by atoms with van der Waals surface area (Å²) in [6.45, 7) is 2.98. The lowest BCUT2D eigenvalue weighted by atomic mass is 9.76. The summed E-state index contributed by atoms with van der Waals surface area (Å²) in [5.74, 6) is -0.595. The Bertz CT molecular complexity index is 985. The fourth-order valence-electron chi connectivity index (χ4n) is 5.32. The minimum Gasteiger partial charge on any atom is -0.328 e. The Morgan fingerprint density at radius 2 is 2.12 bits per heavy atom. The fraction of sp³-hybridized carbons (Fsp3) is 0.600. The van der Waals surface area contributed by atoms with Gasteiger partial charge in [0.15, 0.2) is 5.82 Å². The number of amides is 1. The van der Waals surface area contributed by atoms with E-state index in [1.807, 2.05) is 19.4 Å². The Balaban J connectivity index is 1.40. The largest absolute Gasteiger partial charge is 0.328 e. The maximum atomic E-state index is 14.3. The smallest absolute Gasteiger partial charge is 0.242 e. The molecule has 2 aromatic rings. The molecule has 1 heterocycles. The quantitative estimate of drug-likeness (QED) is 0.598. The molecule has 1 aromatic heterocycles. The first-order valence-corrected chi connectivity index (χ1v) is 12.0. The van der Waals surface area contributed by atoms with Crippen LogP contribution in [0.3, 0.4) is 0 Å². The van der Waals surface area contributed by atoms with E-state index in [0.717, 1.165) is 43.9 Å². The molecule has 1 aromatic carbocycles. The van der Waals surface area contributed by atoms with E-state index >= 15 is 0 Å². The van der Waals surface area contributed by atoms with Crippen LogP contribution in [-0.4, -0.2) is 53.1 Å². The molecule has 0 aliphatic heterocycles. The van der Waals surface area contributed by atoms with Gasteiger partial charge in [0.2, 0.25) is 5.91 Å². The van der Waals surface area contributed by atoms with E-state index in [1.54, 1.807) is 0 Å². The second kappa shape index (κ2) is 9.89. The minimum atomic E-state index is -0.533. The zero-order chi connectivity index (χ0) is 23.6. The van der Waals surface area contributed by atoms with Gasteiger partial charge in [-0.2, -0.15) is 0 Å². The number of fused-ring (bicyclic) bond motifs is 1. The first-order valence-electron chi connectivity index (χ1n) is 12.0. The number of carbonyl (C=O) groups excluding carboxylic acids is 1. The van der Waals surface area contributed by atoms with Crippen LogP contribution in [0.4, 0.5) is 14.6 Å². The Kier molecular flexibility index (Phi) is 7.14. The van der Waals surface area contributed by atoms with Gasteiger partial charge in [-0.15, -0.1) is 0 Å². The summed E-state index contributed by atoms with van der Waals surface area (Å²) < 4.78 is 30.0. The van der Waals surface area contributed by atoms with Crippen LogP contribution in [0.25, 0.3) is 0 Å². The summed E-state index contributed by atoms with van der Waals surface area (Å²) in [6.07, 6.45) is 10.5. The Morgan fingerprint density at radius 3 is 2.79 bits per heavy atom. The van der Waals surface area contributed by atoms with Crippen LogP contribution < -0.4 is 10.6 Å². The van der Waals surface area contributed by atoms with Crippen molar-refractivity contribution < 1.29 is 13.6 Å². The molecule has 4 rings (SSSR count). The van der Waals surface area contributed by atoms with Crippen LogP contribution in [0.1, 0.15) is 56.6 Å². The second-order valence-electron chi connectivity index (χ2n) is 9.94. The topological polar surface area (TPSA) is 62.2 Å². The van der Waals surface area contributed by atoms with Gasteiger partial charge in [-0.3, -0.25) is 4.79 Å². The molecule has 0 spiro atoms. The molecule has 1 amide bonds. The van der Waals surface area contributed by atoms with Crippen LogP contribution in [-0.2, 0) is 23.2 Å². The van der Waals surface area contributed by atoms with Gasteiger partial charge >= 0.3 is 0 Å². The molecule has 1 fully saturated rings. The summed E-state index contributed by atoms with van der Waals surface area (Å²) >= 11 is 0. The molecule has 0 bridgehead atoms. The maximum Gasteiger partial charge on any atom is 0.242 e. The van der Waals surface area contributed by atoms with Crippen LogP contribution in [0, 0.1) is 11.6 Å². The number of hydrogen-bond acceptors (Lipinski definition) is 4. The number of carbonyl (C=O) groups is 1. The number of benzene rings is 1. The summed E-state index contributed by atoms with van der Waals surface area (Å²) in [6, 6.07) is 1.94. The van der Waals surface area contributed by atoms with E-state index in [2.05, 4.69) is 39.2 Å². The molecule has 33 heavy (non-hydrogen) atoms. The van der Waals surface area contributed by atoms with E-state index in [0.29, 0.717) is 30.6 Å². The molecule has 1 unspecified atom stereocenters. The van der Waals surface area contributed by atoms with Crippen LogP contribution in [0.15, 0.2) is 24.7 Å². The van der Waals surface area contributed by atoms with Crippen molar-refractivity contribution in [3.63, 3.8) is 0 Å². The predicted octanol–water partition coefficient (Wildman–Crippen LogP) is 3.86. The summed E-state index contributed by atoms with van der Waals surface area (Å²) in [5.41, 5.74) is 1.34. The number of halogens is 2. The minimum absolute atomic E-state index is 0.0318. The maximum absolute atomic E-state index is 14.3. The molecule has 0 saturated heterocycles. The van der Waals surface area contributed by atoms with Gasteiger partial charge in [-0.1, -0.05) is 13.3 Å². The molecule has 2 aliphatic carbocycles. The summed E-state index contributed by atoms with van der Waals surface area (Å²) in [5, 5.41) is 6.41. The number of aryl methyl sites for hydroxylation is 1. The Hall–Kier alpha value is -2.32. The monoisotopic (exact) mass is 459 g/mol. The summed E-state index contributed by atoms with van der Waals surface area (Å²) in [4.78, 5) is 19.7. The van der Waals surface area contributed by atoms with Crippen molar-refractivity contribution in [2.45, 2.75) is 75.9 Å². The average molecular weight is 460 g/mol. The van der Waals surface area contributed by atoms with Gasteiger partial charge in [0.1, 0.15) is 11.6 Å². The van der Waals surface area contributed by atoms with E-state index in [9.17, 15) is 13.6 Å². The lowest BCUT2D eigenvalue weighted by Crippen LogP contribution is -2.48. The number of aromatic nitrogens is 2. The molecule has 1 saturated carbocycles. The summed E-state index contributed by atoms with van der Waals surface area (Å²) in [7, 11) is 4.15. The lowest BCUT2D eigenvalue weighted by Gasteiger charge is -2.44. The number of likely N-dealkylation sites (N-methyl/N-ethyl adjacent to an activating group) is 1. The number of nitrogens with one attached hydrogen (secondary N) is 2. The number of rotatable bonds is 9. The van der Waals surface area contributed by atoms with Crippen LogP contribution >= 0.6 is 0 Å². The van der Waals surface area contributed by atoms with E-state index < -0.39 is 17.7 Å². The first kappa shape index (κ1) is 23.8. The van der Waals surface area contributed by atoms with Gasteiger partial charge in [0.25, 0.3) is 0 Å². The van der Waals surface area contributed by atoms with Gasteiger partial charge in [0, 0.05) is 24.8 Å². The van der Waals surface area contributed by atoms with Gasteiger partial charge < -0.3 is 20.1 Å². The molecule has 180 valence electrons. The second-order valence-corrected chi connectivity index (χ2v) is 9.94. The molecule has 2 atom stereocenters. The molecular weight excluding hydrogens is 424 g/mol. The van der Waals surface area contributed by atoms with E-state index in [-0.39, 0.29) is 17.5 Å². The number of imidazole rings is 1. The molecule has 6 nitrogen and oxygen atoms in total. The predicted molar refractivity (Wildman–Crippen MR) is 125 cm³/mol. The molecule has 2 N–H and O–H groups in total. The number of anilines is 1. The third-order valence-electron chi connectivity index (χ3n) is 7.07. The van der Waals surface area contributed by atoms with Gasteiger partial charge in [-0.25, -0.2) is 13.8 Å². The van der Waals surface area contributed by atoms with Gasteiger partial charge in [-0.05, 0) is 76.2 Å². The number of hydrogen-bond donors (Lipinski definition) is 2. The molecule has 2 aliphatic rings. The zero-order valence-corrected chi connectivity index (χ0v) is 19.8. The Labute approximate surface area is 194 Å². The van der Waals surface area contributed by atoms with E-state index in [1.165, 1.54) is 12.5 Å². The average Bonchev–Trinajstić information content (AvgIpc) is 3.19. The fourth-order valence-corrected chi connectivity index (χ4v) is 5.32. The van der Waals surface area contributed by atoms with Crippen molar-refractivity contribution in [2.75, 3.05) is 26.0 Å². The van der Waals surface area contributed by atoms with Crippen molar-refractivity contribution in [3.8, 4) is 0 Å². The van der Waals surface area contributed by atoms with Gasteiger partial charge in [0.05, 0.1) is 17.9 Å². The SMILES string of the molecule is CCC[C@H](NC1CCc2cc(F)cc(F)c2C1)C(=O)Nc1cn(C2(CN(C)C)CCC2)cn1. The Morgan fingerprint density at radius 1 is 1.33 bits per heavy atom. The van der Waals surface area contributed by atoms with Crippen molar-refractivity contribution in [3.05, 3.63) is 47.4 Å². The van der Waals surface area contributed by atoms with Crippen LogP contribution in [0.2, 0.25) is 0 Å². The number of nitrogens with zero attached hydrogens (tertiary/aromatic N) is 3.